The van der Waals surface area contributed by atoms with Gasteiger partial charge < -0.3 is 9.84 Å². The van der Waals surface area contributed by atoms with E-state index in [-0.39, 0.29) is 12.0 Å². The van der Waals surface area contributed by atoms with Gasteiger partial charge in [0.25, 0.3) is 5.90 Å². The van der Waals surface area contributed by atoms with Crippen molar-refractivity contribution in [1.82, 2.24) is 9.80 Å². The van der Waals surface area contributed by atoms with Crippen LogP contribution in [-0.2, 0) is 15.5 Å². The Morgan fingerprint density at radius 1 is 1.15 bits per heavy atom. The molecule has 0 aromatic rings. The molecule has 2 aliphatic carbocycles. The lowest BCUT2D eigenvalue weighted by Crippen LogP contribution is -2.57. The van der Waals surface area contributed by atoms with Crippen LogP contribution < -0.4 is 0 Å². The quantitative estimate of drug-likeness (QED) is 0.200. The molecule has 1 saturated heterocycles. The Labute approximate surface area is 204 Å². The molecule has 3 atom stereocenters. The lowest BCUT2D eigenvalue weighted by atomic mass is 9.81. The van der Waals surface area contributed by atoms with Crippen LogP contribution in [0, 0.1) is 22.7 Å². The fraction of sp³-hybridized carbons (Fsp3) is 0.905. The van der Waals surface area contributed by atoms with Crippen LogP contribution in [0.4, 0.5) is 13.2 Å². The van der Waals surface area contributed by atoms with Gasteiger partial charge >= 0.3 is 6.18 Å². The summed E-state index contributed by atoms with van der Waals surface area (Å²) in [7, 11) is -0.822. The van der Waals surface area contributed by atoms with Gasteiger partial charge in [0.05, 0.1) is 0 Å². The van der Waals surface area contributed by atoms with Crippen LogP contribution >= 0.6 is 15.9 Å². The fourth-order valence-corrected chi connectivity index (χ4v) is 6.92. The molecule has 0 amide bonds. The van der Waals surface area contributed by atoms with Crippen molar-refractivity contribution in [2.45, 2.75) is 74.8 Å². The number of rotatable bonds is 6. The molecule has 0 radical (unpaired) electrons. The van der Waals surface area contributed by atoms with Crippen molar-refractivity contribution in [1.29, 1.82) is 10.8 Å². The molecule has 3 fully saturated rings. The van der Waals surface area contributed by atoms with Crippen molar-refractivity contribution in [2.24, 2.45) is 11.8 Å². The van der Waals surface area contributed by atoms with E-state index in [0.717, 1.165) is 38.5 Å². The summed E-state index contributed by atoms with van der Waals surface area (Å²) in [5, 5.41) is 26.1. The second-order valence-corrected chi connectivity index (χ2v) is 12.3. The first-order valence-corrected chi connectivity index (χ1v) is 14.0. The highest BCUT2D eigenvalue weighted by atomic mass is 79.9. The molecule has 2 saturated carbocycles. The van der Waals surface area contributed by atoms with Crippen LogP contribution in [-0.4, -0.2) is 85.4 Å². The molecular formula is C21H34BrF3N4O3S. The van der Waals surface area contributed by atoms with Crippen molar-refractivity contribution in [3.63, 3.8) is 0 Å². The number of alkyl halides is 4. The van der Waals surface area contributed by atoms with Crippen LogP contribution in [0.3, 0.4) is 0 Å². The topological polar surface area (TPSA) is 101 Å². The Morgan fingerprint density at radius 2 is 1.79 bits per heavy atom. The number of nitrogens with zero attached hydrogens (tertiary/aromatic N) is 2. The third-order valence-corrected chi connectivity index (χ3v) is 9.15. The average Bonchev–Trinajstić information content (AvgIpc) is 2.77. The summed E-state index contributed by atoms with van der Waals surface area (Å²) >= 11 is 3.74. The van der Waals surface area contributed by atoms with Gasteiger partial charge in [-0.2, -0.15) is 13.2 Å². The van der Waals surface area contributed by atoms with Crippen LogP contribution in [0.1, 0.15) is 51.4 Å². The fourth-order valence-electron chi connectivity index (χ4n) is 5.09. The highest BCUT2D eigenvalue weighted by molar-refractivity contribution is 9.09. The molecule has 0 spiro atoms. The zero-order valence-corrected chi connectivity index (χ0v) is 21.1. The van der Waals surface area contributed by atoms with Crippen LogP contribution in [0.25, 0.3) is 0 Å². The van der Waals surface area contributed by atoms with Crippen molar-refractivity contribution in [2.75, 3.05) is 31.1 Å². The number of halogens is 4. The molecule has 3 aliphatic rings. The smallest absolute Gasteiger partial charge is 0.421 e. The summed E-state index contributed by atoms with van der Waals surface area (Å²) in [4.78, 5) is 4.59. The Kier molecular flexibility index (Phi) is 9.76. The predicted molar refractivity (Wildman–Crippen MR) is 125 cm³/mol. The maximum Gasteiger partial charge on any atom is 0.468 e. The molecule has 190 valence electrons. The van der Waals surface area contributed by atoms with Crippen molar-refractivity contribution >= 4 is 38.5 Å². The molecule has 0 bridgehead atoms. The van der Waals surface area contributed by atoms with Crippen LogP contribution in [0.15, 0.2) is 0 Å². The minimum absolute atomic E-state index is 0.233. The van der Waals surface area contributed by atoms with Crippen molar-refractivity contribution in [3.8, 4) is 0 Å². The number of hydrogen-bond acceptors (Lipinski definition) is 7. The predicted octanol–water partition coefficient (Wildman–Crippen LogP) is 3.67. The van der Waals surface area contributed by atoms with E-state index in [4.69, 9.17) is 10.8 Å². The first-order valence-electron chi connectivity index (χ1n) is 11.6. The number of nitrogens with one attached hydrogen (secondary N) is 2. The van der Waals surface area contributed by atoms with E-state index in [1.165, 1.54) is 0 Å². The first-order chi connectivity index (χ1) is 15.5. The van der Waals surface area contributed by atoms with E-state index < -0.39 is 41.0 Å². The molecule has 1 aliphatic heterocycles. The van der Waals surface area contributed by atoms with E-state index in [1.54, 1.807) is 0 Å². The molecule has 3 rings (SSSR count). The summed E-state index contributed by atoms with van der Waals surface area (Å²) < 4.78 is 53.8. The number of aliphatic hydroxyl groups excluding tert-OH is 1. The van der Waals surface area contributed by atoms with Crippen molar-refractivity contribution < 1.29 is 27.2 Å². The largest absolute Gasteiger partial charge is 0.468 e. The first kappa shape index (κ1) is 27.0. The summed E-state index contributed by atoms with van der Waals surface area (Å²) in [5.41, 5.74) is 0. The minimum atomic E-state index is -4.88. The van der Waals surface area contributed by atoms with Gasteiger partial charge in [-0.1, -0.05) is 22.4 Å². The van der Waals surface area contributed by atoms with Gasteiger partial charge in [0.2, 0.25) is 0 Å². The Morgan fingerprint density at radius 3 is 2.36 bits per heavy atom. The summed E-state index contributed by atoms with van der Waals surface area (Å²) in [6.45, 7) is 1.88. The van der Waals surface area contributed by atoms with E-state index >= 15 is 0 Å². The highest BCUT2D eigenvalue weighted by Gasteiger charge is 2.40. The van der Waals surface area contributed by atoms with Crippen LogP contribution in [0.5, 0.6) is 0 Å². The van der Waals surface area contributed by atoms with E-state index in [2.05, 4.69) is 25.6 Å². The van der Waals surface area contributed by atoms with Gasteiger partial charge in [-0.05, 0) is 50.9 Å². The maximum atomic E-state index is 12.5. The van der Waals surface area contributed by atoms with Gasteiger partial charge in [0.15, 0.2) is 12.2 Å². The Bertz CT molecular complexity index is 711. The molecule has 12 heteroatoms. The average molecular weight is 559 g/mol. The van der Waals surface area contributed by atoms with Crippen molar-refractivity contribution in [3.05, 3.63) is 0 Å². The third kappa shape index (κ3) is 7.71. The molecule has 33 heavy (non-hydrogen) atoms. The van der Waals surface area contributed by atoms with E-state index in [0.29, 0.717) is 48.8 Å². The monoisotopic (exact) mass is 558 g/mol. The van der Waals surface area contributed by atoms with Gasteiger partial charge in [0.1, 0.15) is 0 Å². The Balaban J connectivity index is 1.58. The molecule has 1 heterocycles. The second kappa shape index (κ2) is 11.9. The Hall–Kier alpha value is -0.560. The minimum Gasteiger partial charge on any atom is -0.421 e. The molecule has 3 N–H and O–H groups in total. The molecule has 3 unspecified atom stereocenters. The van der Waals surface area contributed by atoms with E-state index in [1.807, 2.05) is 4.90 Å². The van der Waals surface area contributed by atoms with Crippen LogP contribution in [0.2, 0.25) is 0 Å². The normalized spacial score (nSPS) is 31.3. The highest BCUT2D eigenvalue weighted by Crippen LogP contribution is 2.35. The lowest BCUT2D eigenvalue weighted by Gasteiger charge is -2.45. The van der Waals surface area contributed by atoms with Gasteiger partial charge in [-0.3, -0.25) is 24.8 Å². The molecule has 0 aromatic heterocycles. The third-order valence-electron chi connectivity index (χ3n) is 7.04. The van der Waals surface area contributed by atoms with E-state index in [9.17, 15) is 22.5 Å². The molecular weight excluding hydrogens is 525 g/mol. The zero-order chi connectivity index (χ0) is 24.2. The number of ether oxygens (including phenoxy) is 1. The summed E-state index contributed by atoms with van der Waals surface area (Å²) in [6.07, 6.45) is 1.06. The number of hydrogen-bond donors (Lipinski definition) is 3. The molecule has 7 nitrogen and oxygen atoms in total. The van der Waals surface area contributed by atoms with Gasteiger partial charge in [-0.15, -0.1) is 0 Å². The molecule has 0 aromatic carbocycles. The van der Waals surface area contributed by atoms with Gasteiger partial charge in [-0.25, -0.2) is 0 Å². The summed E-state index contributed by atoms with van der Waals surface area (Å²) in [5.74, 6) is -1.34. The lowest BCUT2D eigenvalue weighted by molar-refractivity contribution is -0.137. The zero-order valence-electron chi connectivity index (χ0n) is 18.7. The standard InChI is InChI=1S/C21H34BrF3N4O3S/c22-16-2-1-3-17(12-16)29(20(30)28-8-10-33(31)11-9-28)13-14-4-6-15(7-5-14)18(26)32-19(27)21(23,24)25/h14-17,20,26-27,30H,1-13H2. The second-order valence-electron chi connectivity index (χ2n) is 9.36. The SMILES string of the molecule is N=C(OC(=N)C(F)(F)F)C1CCC(CN(C2CCCC(Br)C2)C(O)N2CCS(=O)CC2)CC1. The number of aliphatic hydroxyl groups is 1. The van der Waals surface area contributed by atoms with Gasteiger partial charge in [0, 0.05) is 58.7 Å². The summed E-state index contributed by atoms with van der Waals surface area (Å²) in [6, 6.07) is 0.233. The maximum absolute atomic E-state index is 12.5.